The van der Waals surface area contributed by atoms with E-state index >= 15 is 0 Å². The highest BCUT2D eigenvalue weighted by atomic mass is 35.5. The quantitative estimate of drug-likeness (QED) is 0.554. The van der Waals surface area contributed by atoms with Crippen LogP contribution in [0.5, 0.6) is 5.75 Å². The minimum atomic E-state index is 0.257. The number of hydrogen-bond donors (Lipinski definition) is 0. The maximum Gasteiger partial charge on any atom is 0.276 e. The lowest BCUT2D eigenvalue weighted by Gasteiger charge is -2.16. The summed E-state index contributed by atoms with van der Waals surface area (Å²) in [7, 11) is 0. The van der Waals surface area contributed by atoms with E-state index in [1.807, 2.05) is 6.07 Å². The van der Waals surface area contributed by atoms with Crippen LogP contribution in [0.4, 0.5) is 0 Å². The van der Waals surface area contributed by atoms with Crippen LogP contribution in [0, 0.1) is 5.92 Å². The predicted molar refractivity (Wildman–Crippen MR) is 112 cm³/mol. The van der Waals surface area contributed by atoms with Gasteiger partial charge >= 0.3 is 0 Å². The van der Waals surface area contributed by atoms with Gasteiger partial charge in [0.15, 0.2) is 5.82 Å². The van der Waals surface area contributed by atoms with Gasteiger partial charge in [0.05, 0.1) is 6.61 Å². The molecule has 1 fully saturated rings. The minimum Gasteiger partial charge on any atom is -0.493 e. The van der Waals surface area contributed by atoms with Crippen LogP contribution in [0.25, 0.3) is 11.6 Å². The molecule has 0 radical (unpaired) electrons. The zero-order valence-electron chi connectivity index (χ0n) is 16.7. The first-order chi connectivity index (χ1) is 14.1. The molecular formula is C22H25ClN4O2. The van der Waals surface area contributed by atoms with E-state index in [-0.39, 0.29) is 5.92 Å². The Labute approximate surface area is 175 Å². The zero-order chi connectivity index (χ0) is 20.2. The largest absolute Gasteiger partial charge is 0.493 e. The number of nitrogens with zero attached hydrogens (tertiary/aromatic N) is 4. The Hall–Kier alpha value is -2.44. The van der Waals surface area contributed by atoms with Gasteiger partial charge in [0.1, 0.15) is 11.4 Å². The average molecular weight is 413 g/mol. The van der Waals surface area contributed by atoms with Crippen molar-refractivity contribution < 1.29 is 9.26 Å². The molecular weight excluding hydrogens is 388 g/mol. The lowest BCUT2D eigenvalue weighted by atomic mass is 10.1. The summed E-state index contributed by atoms with van der Waals surface area (Å²) in [4.78, 5) is 11.2. The van der Waals surface area contributed by atoms with E-state index in [0.29, 0.717) is 22.5 Å². The van der Waals surface area contributed by atoms with Crippen LogP contribution >= 0.6 is 11.6 Å². The molecule has 1 aliphatic heterocycles. The van der Waals surface area contributed by atoms with E-state index < -0.39 is 0 Å². The Morgan fingerprint density at radius 1 is 1.28 bits per heavy atom. The predicted octanol–water partition coefficient (Wildman–Crippen LogP) is 4.81. The first-order valence-corrected chi connectivity index (χ1v) is 10.3. The van der Waals surface area contributed by atoms with Gasteiger partial charge in [-0.3, -0.25) is 9.88 Å². The number of likely N-dealkylation sites (tertiary alicyclic amines) is 1. The Morgan fingerprint density at radius 3 is 3.00 bits per heavy atom. The molecule has 0 spiro atoms. The van der Waals surface area contributed by atoms with Gasteiger partial charge in [0, 0.05) is 30.2 Å². The number of halogens is 1. The highest BCUT2D eigenvalue weighted by Crippen LogP contribution is 2.28. The van der Waals surface area contributed by atoms with Crippen LogP contribution < -0.4 is 4.74 Å². The summed E-state index contributed by atoms with van der Waals surface area (Å²) in [6, 6.07) is 11.8. The lowest BCUT2D eigenvalue weighted by Crippen LogP contribution is -2.20. The maximum absolute atomic E-state index is 6.03. The number of benzene rings is 1. The fraction of sp³-hybridized carbons (Fsp3) is 0.409. The van der Waals surface area contributed by atoms with Crippen molar-refractivity contribution in [2.45, 2.75) is 32.7 Å². The molecule has 0 N–H and O–H groups in total. The van der Waals surface area contributed by atoms with Gasteiger partial charge in [0.25, 0.3) is 5.89 Å². The van der Waals surface area contributed by atoms with Gasteiger partial charge in [-0.25, -0.2) is 0 Å². The fourth-order valence-corrected chi connectivity index (χ4v) is 3.63. The molecule has 3 heterocycles. The van der Waals surface area contributed by atoms with E-state index in [9.17, 15) is 0 Å². The van der Waals surface area contributed by atoms with Gasteiger partial charge in [0.2, 0.25) is 0 Å². The van der Waals surface area contributed by atoms with Gasteiger partial charge in [-0.15, -0.1) is 0 Å². The zero-order valence-corrected chi connectivity index (χ0v) is 17.5. The van der Waals surface area contributed by atoms with Gasteiger partial charge < -0.3 is 9.26 Å². The van der Waals surface area contributed by atoms with Crippen molar-refractivity contribution in [3.05, 3.63) is 59.0 Å². The average Bonchev–Trinajstić information content (AvgIpc) is 3.36. The highest BCUT2D eigenvalue weighted by Gasteiger charge is 2.28. The second-order valence-electron chi connectivity index (χ2n) is 7.89. The Morgan fingerprint density at radius 2 is 2.17 bits per heavy atom. The molecule has 0 bridgehead atoms. The standard InChI is InChI=1S/C22H25ClN4O2/c1-15(2)14-28-19-5-3-4-16(10-19)12-27-9-7-17(13-27)21-25-22(29-26-21)20-11-18(23)6-8-24-20/h3-6,8,10-11,15,17H,7,9,12-14H2,1-2H3. The number of aromatic nitrogens is 3. The Balaban J connectivity index is 1.37. The molecule has 7 heteroatoms. The molecule has 4 rings (SSSR count). The van der Waals surface area contributed by atoms with Crippen molar-refractivity contribution in [3.8, 4) is 17.3 Å². The highest BCUT2D eigenvalue weighted by molar-refractivity contribution is 6.30. The molecule has 0 saturated carbocycles. The number of pyridine rings is 1. The van der Waals surface area contributed by atoms with Crippen LogP contribution in [0.2, 0.25) is 5.02 Å². The summed E-state index contributed by atoms with van der Waals surface area (Å²) in [6.45, 7) is 7.83. The summed E-state index contributed by atoms with van der Waals surface area (Å²) < 4.78 is 11.3. The van der Waals surface area contributed by atoms with E-state index in [1.54, 1.807) is 18.3 Å². The smallest absolute Gasteiger partial charge is 0.276 e. The fourth-order valence-electron chi connectivity index (χ4n) is 3.47. The Bertz CT molecular complexity index is 959. The van der Waals surface area contributed by atoms with E-state index in [4.69, 9.17) is 20.9 Å². The minimum absolute atomic E-state index is 0.257. The van der Waals surface area contributed by atoms with Crippen LogP contribution in [-0.2, 0) is 6.54 Å². The molecule has 6 nitrogen and oxygen atoms in total. The third-order valence-corrected chi connectivity index (χ3v) is 5.14. The number of hydrogen-bond acceptors (Lipinski definition) is 6. The lowest BCUT2D eigenvalue weighted by molar-refractivity contribution is 0.270. The first kappa shape index (κ1) is 19.9. The molecule has 1 aliphatic rings. The molecule has 29 heavy (non-hydrogen) atoms. The molecule has 1 unspecified atom stereocenters. The van der Waals surface area contributed by atoms with Crippen molar-refractivity contribution in [1.82, 2.24) is 20.0 Å². The molecule has 0 aliphatic carbocycles. The van der Waals surface area contributed by atoms with Gasteiger partial charge in [-0.05, 0) is 48.7 Å². The SMILES string of the molecule is CC(C)COc1cccc(CN2CCC(c3noc(-c4cc(Cl)ccn4)n3)C2)c1. The van der Waals surface area contributed by atoms with E-state index in [1.165, 1.54) is 5.56 Å². The van der Waals surface area contributed by atoms with Crippen molar-refractivity contribution in [2.75, 3.05) is 19.7 Å². The molecule has 1 saturated heterocycles. The second kappa shape index (κ2) is 8.93. The van der Waals surface area contributed by atoms with Crippen molar-refractivity contribution in [2.24, 2.45) is 5.92 Å². The Kier molecular flexibility index (Phi) is 6.11. The topological polar surface area (TPSA) is 64.3 Å². The van der Waals surface area contributed by atoms with E-state index in [0.717, 1.165) is 44.2 Å². The van der Waals surface area contributed by atoms with Gasteiger partial charge in [-0.1, -0.05) is 42.7 Å². The third kappa shape index (κ3) is 5.14. The summed E-state index contributed by atoms with van der Waals surface area (Å²) in [5.41, 5.74) is 1.85. The molecule has 1 aromatic carbocycles. The molecule has 0 amide bonds. The van der Waals surface area contributed by atoms with Crippen molar-refractivity contribution in [1.29, 1.82) is 0 Å². The summed E-state index contributed by atoms with van der Waals surface area (Å²) in [5.74, 6) is 2.85. The van der Waals surface area contributed by atoms with Crippen LogP contribution in [0.1, 0.15) is 37.6 Å². The van der Waals surface area contributed by atoms with E-state index in [2.05, 4.69) is 52.1 Å². The normalized spacial score (nSPS) is 17.2. The molecule has 152 valence electrons. The van der Waals surface area contributed by atoms with Crippen molar-refractivity contribution >= 4 is 11.6 Å². The van der Waals surface area contributed by atoms with Crippen LogP contribution in [0.15, 0.2) is 47.1 Å². The van der Waals surface area contributed by atoms with Crippen LogP contribution in [0.3, 0.4) is 0 Å². The van der Waals surface area contributed by atoms with Crippen molar-refractivity contribution in [3.63, 3.8) is 0 Å². The first-order valence-electron chi connectivity index (χ1n) is 9.96. The third-order valence-electron chi connectivity index (χ3n) is 4.91. The molecule has 1 atom stereocenters. The van der Waals surface area contributed by atoms with Crippen LogP contribution in [-0.4, -0.2) is 39.7 Å². The monoisotopic (exact) mass is 412 g/mol. The maximum atomic E-state index is 6.03. The summed E-state index contributed by atoms with van der Waals surface area (Å²) >= 11 is 6.03. The molecule has 2 aromatic heterocycles. The second-order valence-corrected chi connectivity index (χ2v) is 8.33. The number of rotatable bonds is 7. The number of ether oxygens (including phenoxy) is 1. The summed E-state index contributed by atoms with van der Waals surface area (Å²) in [5, 5.41) is 4.78. The molecule has 3 aromatic rings. The van der Waals surface area contributed by atoms with Gasteiger partial charge in [-0.2, -0.15) is 4.98 Å². The summed E-state index contributed by atoms with van der Waals surface area (Å²) in [6.07, 6.45) is 2.64.